The van der Waals surface area contributed by atoms with E-state index in [0.29, 0.717) is 5.56 Å². The summed E-state index contributed by atoms with van der Waals surface area (Å²) in [6.07, 6.45) is 6.12. The molecule has 21 heavy (non-hydrogen) atoms. The first-order chi connectivity index (χ1) is 9.93. The lowest BCUT2D eigenvalue weighted by Gasteiger charge is -2.31. The Kier molecular flexibility index (Phi) is 4.76. The SMILES string of the molecule is C=C(C)C1CCC(C)=C[C@@H]1c1c(O)cc(CCC)cc1O. The molecular weight excluding hydrogens is 260 g/mol. The van der Waals surface area contributed by atoms with Gasteiger partial charge in [0.2, 0.25) is 0 Å². The summed E-state index contributed by atoms with van der Waals surface area (Å²) < 4.78 is 0. The van der Waals surface area contributed by atoms with E-state index < -0.39 is 0 Å². The molecule has 0 saturated carbocycles. The van der Waals surface area contributed by atoms with Crippen LogP contribution < -0.4 is 0 Å². The van der Waals surface area contributed by atoms with Gasteiger partial charge in [0.1, 0.15) is 11.5 Å². The molecule has 1 aliphatic rings. The third-order valence-corrected chi connectivity index (χ3v) is 4.45. The van der Waals surface area contributed by atoms with Crippen molar-refractivity contribution in [2.24, 2.45) is 5.92 Å². The number of hydrogen-bond donors (Lipinski definition) is 2. The van der Waals surface area contributed by atoms with E-state index in [2.05, 4.69) is 26.5 Å². The van der Waals surface area contributed by atoms with Crippen molar-refractivity contribution in [3.8, 4) is 11.5 Å². The van der Waals surface area contributed by atoms with Crippen LogP contribution >= 0.6 is 0 Å². The Morgan fingerprint density at radius 1 is 1.29 bits per heavy atom. The Hall–Kier alpha value is -1.70. The van der Waals surface area contributed by atoms with Gasteiger partial charge in [0, 0.05) is 11.5 Å². The second-order valence-electron chi connectivity index (χ2n) is 6.33. The summed E-state index contributed by atoms with van der Waals surface area (Å²) >= 11 is 0. The minimum absolute atomic E-state index is 0.0203. The molecule has 2 rings (SSSR count). The lowest BCUT2D eigenvalue weighted by Crippen LogP contribution is -2.17. The first-order valence-corrected chi connectivity index (χ1v) is 7.81. The molecule has 0 saturated heterocycles. The van der Waals surface area contributed by atoms with Crippen LogP contribution in [0.15, 0.2) is 35.9 Å². The molecule has 2 nitrogen and oxygen atoms in total. The van der Waals surface area contributed by atoms with E-state index in [4.69, 9.17) is 0 Å². The Bertz CT molecular complexity index is 546. The molecule has 2 N–H and O–H groups in total. The molecule has 0 fully saturated rings. The van der Waals surface area contributed by atoms with Crippen LogP contribution in [-0.4, -0.2) is 10.2 Å². The van der Waals surface area contributed by atoms with Gasteiger partial charge in [0.05, 0.1) is 0 Å². The van der Waals surface area contributed by atoms with Gasteiger partial charge in [-0.1, -0.05) is 37.1 Å². The Morgan fingerprint density at radius 3 is 2.43 bits per heavy atom. The molecule has 1 aromatic rings. The van der Waals surface area contributed by atoms with Gasteiger partial charge in [0.25, 0.3) is 0 Å². The van der Waals surface area contributed by atoms with Crippen LogP contribution in [0.3, 0.4) is 0 Å². The third-order valence-electron chi connectivity index (χ3n) is 4.45. The maximum absolute atomic E-state index is 10.4. The number of phenolic OH excluding ortho intramolecular Hbond substituents is 2. The van der Waals surface area contributed by atoms with Gasteiger partial charge in [-0.15, -0.1) is 0 Å². The summed E-state index contributed by atoms with van der Waals surface area (Å²) in [5, 5.41) is 20.8. The molecule has 0 aliphatic heterocycles. The van der Waals surface area contributed by atoms with Crippen molar-refractivity contribution in [2.45, 2.75) is 52.4 Å². The van der Waals surface area contributed by atoms with Gasteiger partial charge in [-0.25, -0.2) is 0 Å². The fraction of sp³-hybridized carbons (Fsp3) is 0.474. The van der Waals surface area contributed by atoms with Crippen molar-refractivity contribution in [3.63, 3.8) is 0 Å². The zero-order chi connectivity index (χ0) is 15.6. The molecule has 0 spiro atoms. The smallest absolute Gasteiger partial charge is 0.123 e. The lowest BCUT2D eigenvalue weighted by atomic mass is 9.73. The molecule has 114 valence electrons. The summed E-state index contributed by atoms with van der Waals surface area (Å²) in [6, 6.07) is 3.59. The second-order valence-corrected chi connectivity index (χ2v) is 6.33. The fourth-order valence-electron chi connectivity index (χ4n) is 3.36. The molecule has 2 atom stereocenters. The normalized spacial score (nSPS) is 22.0. The highest BCUT2D eigenvalue weighted by Crippen LogP contribution is 2.46. The van der Waals surface area contributed by atoms with Gasteiger partial charge in [-0.2, -0.15) is 0 Å². The van der Waals surface area contributed by atoms with E-state index in [-0.39, 0.29) is 23.3 Å². The van der Waals surface area contributed by atoms with Gasteiger partial charge in [0.15, 0.2) is 0 Å². The van der Waals surface area contributed by atoms with Crippen LogP contribution in [0.1, 0.15) is 57.1 Å². The minimum atomic E-state index is 0.0203. The highest BCUT2D eigenvalue weighted by atomic mass is 16.3. The average Bonchev–Trinajstić information content (AvgIpc) is 2.38. The average molecular weight is 286 g/mol. The molecule has 0 bridgehead atoms. The van der Waals surface area contributed by atoms with Gasteiger partial charge >= 0.3 is 0 Å². The molecule has 1 aliphatic carbocycles. The van der Waals surface area contributed by atoms with Crippen molar-refractivity contribution < 1.29 is 10.2 Å². The van der Waals surface area contributed by atoms with Crippen LogP contribution in [-0.2, 0) is 6.42 Å². The van der Waals surface area contributed by atoms with E-state index in [1.54, 1.807) is 12.1 Å². The van der Waals surface area contributed by atoms with Crippen molar-refractivity contribution in [2.75, 3.05) is 0 Å². The molecule has 1 aromatic carbocycles. The zero-order valence-corrected chi connectivity index (χ0v) is 13.3. The zero-order valence-electron chi connectivity index (χ0n) is 13.3. The van der Waals surface area contributed by atoms with Crippen LogP contribution in [0.5, 0.6) is 11.5 Å². The number of aryl methyl sites for hydroxylation is 1. The molecule has 0 amide bonds. The van der Waals surface area contributed by atoms with Crippen LogP contribution in [0.2, 0.25) is 0 Å². The summed E-state index contributed by atoms with van der Waals surface area (Å²) in [4.78, 5) is 0. The van der Waals surface area contributed by atoms with Gasteiger partial charge in [-0.3, -0.25) is 0 Å². The lowest BCUT2D eigenvalue weighted by molar-refractivity contribution is 0.406. The molecule has 1 unspecified atom stereocenters. The minimum Gasteiger partial charge on any atom is -0.507 e. The standard InChI is InChI=1S/C19H26O2/c1-5-6-14-10-17(20)19(18(21)11-14)16-9-13(4)7-8-15(16)12(2)3/h9-11,15-16,20-21H,2,5-8H2,1,3-4H3/t15?,16-/m0/s1. The van der Waals surface area contributed by atoms with Crippen molar-refractivity contribution >= 4 is 0 Å². The molecule has 0 heterocycles. The third kappa shape index (κ3) is 3.31. The number of benzene rings is 1. The van der Waals surface area contributed by atoms with E-state index in [1.807, 2.05) is 6.92 Å². The highest BCUT2D eigenvalue weighted by Gasteiger charge is 2.29. The maximum Gasteiger partial charge on any atom is 0.123 e. The van der Waals surface area contributed by atoms with Crippen LogP contribution in [0.25, 0.3) is 0 Å². The fourth-order valence-corrected chi connectivity index (χ4v) is 3.36. The van der Waals surface area contributed by atoms with Crippen LogP contribution in [0.4, 0.5) is 0 Å². The predicted molar refractivity (Wildman–Crippen MR) is 87.8 cm³/mol. The first kappa shape index (κ1) is 15.7. The van der Waals surface area contributed by atoms with Crippen molar-refractivity contribution in [3.05, 3.63) is 47.1 Å². The first-order valence-electron chi connectivity index (χ1n) is 7.81. The van der Waals surface area contributed by atoms with Crippen molar-refractivity contribution in [1.82, 2.24) is 0 Å². The Balaban J connectivity index is 2.48. The van der Waals surface area contributed by atoms with E-state index in [9.17, 15) is 10.2 Å². The number of hydrogen-bond acceptors (Lipinski definition) is 2. The number of rotatable bonds is 4. The van der Waals surface area contributed by atoms with Crippen molar-refractivity contribution in [1.29, 1.82) is 0 Å². The largest absolute Gasteiger partial charge is 0.507 e. The molecule has 2 heteroatoms. The maximum atomic E-state index is 10.4. The van der Waals surface area contributed by atoms with Gasteiger partial charge in [-0.05, 0) is 56.7 Å². The van der Waals surface area contributed by atoms with E-state index in [1.165, 1.54) is 5.57 Å². The number of allylic oxidation sites excluding steroid dienone is 3. The Labute approximate surface area is 127 Å². The van der Waals surface area contributed by atoms with E-state index >= 15 is 0 Å². The predicted octanol–water partition coefficient (Wildman–Crippen LogP) is 5.07. The number of aromatic hydroxyl groups is 2. The second kappa shape index (κ2) is 6.38. The molecular formula is C19H26O2. The number of phenols is 2. The summed E-state index contributed by atoms with van der Waals surface area (Å²) in [6.45, 7) is 10.3. The van der Waals surface area contributed by atoms with E-state index in [0.717, 1.165) is 36.8 Å². The quantitative estimate of drug-likeness (QED) is 0.759. The summed E-state index contributed by atoms with van der Waals surface area (Å²) in [7, 11) is 0. The Morgan fingerprint density at radius 2 is 1.90 bits per heavy atom. The summed E-state index contributed by atoms with van der Waals surface area (Å²) in [5.41, 5.74) is 4.07. The topological polar surface area (TPSA) is 40.5 Å². The summed E-state index contributed by atoms with van der Waals surface area (Å²) in [5.74, 6) is 0.718. The monoisotopic (exact) mass is 286 g/mol. The van der Waals surface area contributed by atoms with Crippen LogP contribution in [0, 0.1) is 5.92 Å². The molecule has 0 radical (unpaired) electrons. The highest BCUT2D eigenvalue weighted by molar-refractivity contribution is 5.51. The molecule has 0 aromatic heterocycles. The van der Waals surface area contributed by atoms with Gasteiger partial charge < -0.3 is 10.2 Å².